The van der Waals surface area contributed by atoms with Crippen molar-refractivity contribution in [3.8, 4) is 0 Å². The first-order valence-electron chi connectivity index (χ1n) is 7.53. The smallest absolute Gasteiger partial charge is 0.223 e. The minimum absolute atomic E-state index is 0.0310. The van der Waals surface area contributed by atoms with Gasteiger partial charge in [0.1, 0.15) is 0 Å². The van der Waals surface area contributed by atoms with Crippen LogP contribution in [0, 0.1) is 11.8 Å². The number of nitrogens with two attached hydrogens (primary N) is 1. The van der Waals surface area contributed by atoms with Crippen molar-refractivity contribution < 1.29 is 9.59 Å². The van der Waals surface area contributed by atoms with E-state index in [1.807, 2.05) is 20.8 Å². The first kappa shape index (κ1) is 17.0. The van der Waals surface area contributed by atoms with E-state index >= 15 is 0 Å². The van der Waals surface area contributed by atoms with E-state index in [-0.39, 0.29) is 29.3 Å². The molecule has 1 aliphatic rings. The molecular weight excluding hydrogens is 254 g/mol. The number of rotatable bonds is 4. The van der Waals surface area contributed by atoms with Crippen LogP contribution < -0.4 is 16.4 Å². The van der Waals surface area contributed by atoms with Gasteiger partial charge in [-0.25, -0.2) is 0 Å². The number of hydrogen-bond donors (Lipinski definition) is 3. The zero-order valence-electron chi connectivity index (χ0n) is 13.2. The first-order valence-corrected chi connectivity index (χ1v) is 7.53. The molecule has 20 heavy (non-hydrogen) atoms. The Morgan fingerprint density at radius 3 is 2.45 bits per heavy atom. The molecule has 0 aromatic heterocycles. The molecule has 0 heterocycles. The molecule has 5 nitrogen and oxygen atoms in total. The predicted molar refractivity (Wildman–Crippen MR) is 80.0 cm³/mol. The highest BCUT2D eigenvalue weighted by Crippen LogP contribution is 2.29. The number of amides is 2. The van der Waals surface area contributed by atoms with E-state index in [1.165, 1.54) is 0 Å². The minimum Gasteiger partial charge on any atom is -0.355 e. The van der Waals surface area contributed by atoms with Gasteiger partial charge >= 0.3 is 0 Å². The fraction of sp³-hybridized carbons (Fsp3) is 0.867. The zero-order valence-corrected chi connectivity index (χ0v) is 13.2. The lowest BCUT2D eigenvalue weighted by molar-refractivity contribution is -0.127. The fourth-order valence-corrected chi connectivity index (χ4v) is 2.74. The van der Waals surface area contributed by atoms with Crippen molar-refractivity contribution in [1.29, 1.82) is 0 Å². The van der Waals surface area contributed by atoms with E-state index in [0.29, 0.717) is 18.9 Å². The number of carbonyl (C=O) groups excluding carboxylic acids is 2. The summed E-state index contributed by atoms with van der Waals surface area (Å²) in [5.41, 5.74) is 5.67. The van der Waals surface area contributed by atoms with Gasteiger partial charge in [0.05, 0.1) is 0 Å². The highest BCUT2D eigenvalue weighted by molar-refractivity contribution is 5.81. The van der Waals surface area contributed by atoms with Crippen molar-refractivity contribution in [2.45, 2.75) is 65.0 Å². The third kappa shape index (κ3) is 5.90. The summed E-state index contributed by atoms with van der Waals surface area (Å²) in [6, 6.07) is 0.228. The van der Waals surface area contributed by atoms with Crippen molar-refractivity contribution in [2.75, 3.05) is 6.54 Å². The van der Waals surface area contributed by atoms with Gasteiger partial charge in [0.15, 0.2) is 0 Å². The maximum Gasteiger partial charge on any atom is 0.223 e. The quantitative estimate of drug-likeness (QED) is 0.724. The summed E-state index contributed by atoms with van der Waals surface area (Å²) in [5, 5.41) is 5.75. The van der Waals surface area contributed by atoms with Crippen LogP contribution in [0.15, 0.2) is 0 Å². The van der Waals surface area contributed by atoms with Gasteiger partial charge in [0.2, 0.25) is 11.8 Å². The lowest BCUT2D eigenvalue weighted by Gasteiger charge is -2.31. The summed E-state index contributed by atoms with van der Waals surface area (Å²) < 4.78 is 0. The largest absolute Gasteiger partial charge is 0.355 e. The molecule has 0 radical (unpaired) electrons. The second kappa shape index (κ2) is 7.07. The molecule has 1 rings (SSSR count). The number of carbonyl (C=O) groups is 2. The van der Waals surface area contributed by atoms with Crippen LogP contribution in [0.4, 0.5) is 0 Å². The fourth-order valence-electron chi connectivity index (χ4n) is 2.74. The van der Waals surface area contributed by atoms with Crippen molar-refractivity contribution in [3.63, 3.8) is 0 Å². The lowest BCUT2D eigenvalue weighted by atomic mass is 9.78. The molecule has 0 saturated heterocycles. The van der Waals surface area contributed by atoms with Crippen molar-refractivity contribution in [2.24, 2.45) is 17.6 Å². The Bertz CT molecular complexity index is 350. The zero-order chi connectivity index (χ0) is 15.3. The Hall–Kier alpha value is -1.10. The molecule has 0 aromatic carbocycles. The monoisotopic (exact) mass is 283 g/mol. The molecule has 3 unspecified atom stereocenters. The number of nitrogens with one attached hydrogen (secondary N) is 2. The van der Waals surface area contributed by atoms with E-state index < -0.39 is 0 Å². The summed E-state index contributed by atoms with van der Waals surface area (Å²) in [6.07, 6.45) is 2.99. The van der Waals surface area contributed by atoms with E-state index in [9.17, 15) is 9.59 Å². The first-order chi connectivity index (χ1) is 9.19. The molecule has 3 atom stereocenters. The SMILES string of the molecule is CC1CC(N)CCC1C(=O)NCCC(=O)NC(C)(C)C. The molecule has 0 spiro atoms. The highest BCUT2D eigenvalue weighted by atomic mass is 16.2. The Labute approximate surface area is 122 Å². The van der Waals surface area contributed by atoms with Gasteiger partial charge in [-0.1, -0.05) is 6.92 Å². The molecule has 0 bridgehead atoms. The summed E-state index contributed by atoms with van der Waals surface area (Å²) in [7, 11) is 0. The Morgan fingerprint density at radius 2 is 1.90 bits per heavy atom. The van der Waals surface area contributed by atoms with Gasteiger partial charge in [-0.05, 0) is 46.0 Å². The third-order valence-corrected chi connectivity index (χ3v) is 3.71. The molecule has 116 valence electrons. The van der Waals surface area contributed by atoms with E-state index in [0.717, 1.165) is 19.3 Å². The van der Waals surface area contributed by atoms with Gasteiger partial charge in [-0.2, -0.15) is 0 Å². The molecule has 2 amide bonds. The Kier molecular flexibility index (Phi) is 5.99. The second-order valence-corrected chi connectivity index (χ2v) is 7.00. The molecule has 5 heteroatoms. The molecular formula is C15H29N3O2. The minimum atomic E-state index is -0.227. The van der Waals surface area contributed by atoms with E-state index in [2.05, 4.69) is 17.6 Å². The average Bonchev–Trinajstić information content (AvgIpc) is 2.25. The second-order valence-electron chi connectivity index (χ2n) is 7.00. The van der Waals surface area contributed by atoms with Gasteiger partial charge in [-0.3, -0.25) is 9.59 Å². The maximum absolute atomic E-state index is 12.1. The summed E-state index contributed by atoms with van der Waals surface area (Å²) in [4.78, 5) is 23.7. The van der Waals surface area contributed by atoms with Crippen LogP contribution in [-0.4, -0.2) is 29.9 Å². The number of hydrogen-bond acceptors (Lipinski definition) is 3. The molecule has 0 aliphatic heterocycles. The van der Waals surface area contributed by atoms with Crippen LogP contribution in [0.1, 0.15) is 53.4 Å². The summed E-state index contributed by atoms with van der Waals surface area (Å²) in [6.45, 7) is 8.30. The highest BCUT2D eigenvalue weighted by Gasteiger charge is 2.30. The van der Waals surface area contributed by atoms with Crippen LogP contribution in [0.2, 0.25) is 0 Å². The van der Waals surface area contributed by atoms with Crippen LogP contribution in [0.5, 0.6) is 0 Å². The van der Waals surface area contributed by atoms with Gasteiger partial charge in [-0.15, -0.1) is 0 Å². The normalized spacial score (nSPS) is 26.9. The van der Waals surface area contributed by atoms with Crippen molar-refractivity contribution in [1.82, 2.24) is 10.6 Å². The Balaban J connectivity index is 2.28. The van der Waals surface area contributed by atoms with Gasteiger partial charge < -0.3 is 16.4 Å². The standard InChI is InChI=1S/C15H29N3O2/c1-10-9-11(16)5-6-12(10)14(20)17-8-7-13(19)18-15(2,3)4/h10-12H,5-9,16H2,1-4H3,(H,17,20)(H,18,19). The van der Waals surface area contributed by atoms with Crippen LogP contribution in [0.3, 0.4) is 0 Å². The summed E-state index contributed by atoms with van der Waals surface area (Å²) >= 11 is 0. The van der Waals surface area contributed by atoms with Crippen LogP contribution in [-0.2, 0) is 9.59 Å². The maximum atomic E-state index is 12.1. The molecule has 1 fully saturated rings. The van der Waals surface area contributed by atoms with E-state index in [1.54, 1.807) is 0 Å². The van der Waals surface area contributed by atoms with Crippen LogP contribution >= 0.6 is 0 Å². The Morgan fingerprint density at radius 1 is 1.25 bits per heavy atom. The van der Waals surface area contributed by atoms with Crippen LogP contribution in [0.25, 0.3) is 0 Å². The molecule has 4 N–H and O–H groups in total. The van der Waals surface area contributed by atoms with Gasteiger partial charge in [0.25, 0.3) is 0 Å². The summed E-state index contributed by atoms with van der Waals surface area (Å²) in [5.74, 6) is 0.395. The van der Waals surface area contributed by atoms with Crippen molar-refractivity contribution in [3.05, 3.63) is 0 Å². The van der Waals surface area contributed by atoms with E-state index in [4.69, 9.17) is 5.73 Å². The molecule has 1 aliphatic carbocycles. The molecule has 0 aromatic rings. The van der Waals surface area contributed by atoms with Crippen molar-refractivity contribution >= 4 is 11.8 Å². The van der Waals surface area contributed by atoms with Gasteiger partial charge in [0, 0.05) is 30.5 Å². The topological polar surface area (TPSA) is 84.2 Å². The predicted octanol–water partition coefficient (Wildman–Crippen LogP) is 1.17. The molecule has 1 saturated carbocycles. The third-order valence-electron chi connectivity index (χ3n) is 3.71. The average molecular weight is 283 g/mol. The lowest BCUT2D eigenvalue weighted by Crippen LogP contribution is -2.44.